The van der Waals surface area contributed by atoms with E-state index in [1.807, 2.05) is 43.3 Å². The molecule has 0 radical (unpaired) electrons. The van der Waals surface area contributed by atoms with Crippen LogP contribution >= 0.6 is 27.7 Å². The molecule has 160 valence electrons. The van der Waals surface area contributed by atoms with Crippen LogP contribution in [0.2, 0.25) is 0 Å². The summed E-state index contributed by atoms with van der Waals surface area (Å²) in [5, 5.41) is -0.342. The van der Waals surface area contributed by atoms with E-state index in [1.165, 1.54) is 4.90 Å². The third kappa shape index (κ3) is 4.84. The highest BCUT2D eigenvalue weighted by atomic mass is 79.9. The number of halogens is 1. The number of hydrogen-bond donors (Lipinski definition) is 0. The molecule has 0 N–H and O–H groups in total. The lowest BCUT2D eigenvalue weighted by molar-refractivity contribution is -0.123. The second-order valence-corrected chi connectivity index (χ2v) is 9.00. The number of ether oxygens (including phenoxy) is 1. The summed E-state index contributed by atoms with van der Waals surface area (Å²) in [6.45, 7) is 2.11. The van der Waals surface area contributed by atoms with Crippen LogP contribution in [0.1, 0.15) is 27.0 Å². The maximum atomic E-state index is 12.9. The molecule has 1 aliphatic rings. The van der Waals surface area contributed by atoms with E-state index >= 15 is 0 Å². The number of hydrogen-bond acceptors (Lipinski definition) is 5. The van der Waals surface area contributed by atoms with E-state index in [0.717, 1.165) is 27.4 Å². The summed E-state index contributed by atoms with van der Waals surface area (Å²) in [6.07, 6.45) is 1.59. The Morgan fingerprint density at radius 2 is 1.69 bits per heavy atom. The number of carbonyl (C=O) groups is 3. The Hall–Kier alpha value is -3.16. The first kappa shape index (κ1) is 22.0. The SMILES string of the molecule is Cc1ccc(C(=O)Oc2ccccc2/C=C2\SC(=O)N(Cc3ccccc3Br)C2=O)cc1. The van der Waals surface area contributed by atoms with Crippen molar-refractivity contribution in [2.75, 3.05) is 0 Å². The zero-order valence-corrected chi connectivity index (χ0v) is 19.5. The van der Waals surface area contributed by atoms with Gasteiger partial charge in [-0.2, -0.15) is 0 Å². The Morgan fingerprint density at radius 1 is 1.00 bits per heavy atom. The number of rotatable bonds is 5. The Kier molecular flexibility index (Phi) is 6.58. The topological polar surface area (TPSA) is 63.7 Å². The van der Waals surface area contributed by atoms with E-state index in [2.05, 4.69) is 15.9 Å². The predicted octanol–water partition coefficient (Wildman–Crippen LogP) is 6.21. The number of thioether (sulfide) groups is 1. The van der Waals surface area contributed by atoms with Crippen LogP contribution < -0.4 is 4.74 Å². The molecule has 0 unspecified atom stereocenters. The van der Waals surface area contributed by atoms with Crippen LogP contribution in [0.4, 0.5) is 4.79 Å². The van der Waals surface area contributed by atoms with Crippen LogP contribution in [0, 0.1) is 6.92 Å². The highest BCUT2D eigenvalue weighted by Gasteiger charge is 2.35. The maximum absolute atomic E-state index is 12.9. The number of imide groups is 1. The fourth-order valence-electron chi connectivity index (χ4n) is 3.12. The van der Waals surface area contributed by atoms with Crippen molar-refractivity contribution in [1.29, 1.82) is 0 Å². The van der Waals surface area contributed by atoms with E-state index in [9.17, 15) is 14.4 Å². The molecule has 3 aromatic rings. The summed E-state index contributed by atoms with van der Waals surface area (Å²) in [5.74, 6) is -0.557. The minimum Gasteiger partial charge on any atom is -0.422 e. The minimum absolute atomic E-state index is 0.174. The van der Waals surface area contributed by atoms with Crippen LogP contribution in [0.3, 0.4) is 0 Å². The van der Waals surface area contributed by atoms with Gasteiger partial charge in [-0.05, 0) is 54.6 Å². The number of benzene rings is 3. The lowest BCUT2D eigenvalue weighted by Gasteiger charge is -2.13. The Labute approximate surface area is 198 Å². The zero-order chi connectivity index (χ0) is 22.7. The Bertz CT molecular complexity index is 1240. The molecule has 0 saturated carbocycles. The first-order valence-corrected chi connectivity index (χ1v) is 11.4. The van der Waals surface area contributed by atoms with Crippen LogP contribution in [0.15, 0.2) is 82.2 Å². The van der Waals surface area contributed by atoms with Gasteiger partial charge in [0.1, 0.15) is 5.75 Å². The smallest absolute Gasteiger partial charge is 0.343 e. The van der Waals surface area contributed by atoms with Crippen molar-refractivity contribution in [3.63, 3.8) is 0 Å². The fourth-order valence-corrected chi connectivity index (χ4v) is 4.35. The molecule has 4 rings (SSSR count). The largest absolute Gasteiger partial charge is 0.422 e. The molecule has 2 amide bonds. The number of para-hydroxylation sites is 1. The van der Waals surface area contributed by atoms with Crippen LogP contribution in [0.25, 0.3) is 6.08 Å². The summed E-state index contributed by atoms with van der Waals surface area (Å²) >= 11 is 4.32. The summed E-state index contributed by atoms with van der Waals surface area (Å²) in [7, 11) is 0. The lowest BCUT2D eigenvalue weighted by atomic mass is 10.1. The van der Waals surface area contributed by atoms with Gasteiger partial charge in [-0.25, -0.2) is 4.79 Å². The molecule has 1 heterocycles. The van der Waals surface area contributed by atoms with Crippen molar-refractivity contribution >= 4 is 50.9 Å². The van der Waals surface area contributed by atoms with Gasteiger partial charge in [0.15, 0.2) is 0 Å². The molecule has 0 aromatic heterocycles. The van der Waals surface area contributed by atoms with Gasteiger partial charge < -0.3 is 4.74 Å². The number of amides is 2. The monoisotopic (exact) mass is 507 g/mol. The number of aryl methyl sites for hydroxylation is 1. The van der Waals surface area contributed by atoms with Gasteiger partial charge in [-0.15, -0.1) is 0 Å². The standard InChI is InChI=1S/C25H18BrNO4S/c1-16-10-12-17(13-11-16)24(29)31-21-9-5-3-6-18(21)14-22-23(28)27(25(30)32-22)15-19-7-2-4-8-20(19)26/h2-14H,15H2,1H3/b22-14-. The number of carbonyl (C=O) groups excluding carboxylic acids is 3. The van der Waals surface area contributed by atoms with Crippen molar-refractivity contribution in [1.82, 2.24) is 4.90 Å². The second kappa shape index (κ2) is 9.54. The van der Waals surface area contributed by atoms with Crippen molar-refractivity contribution in [2.24, 2.45) is 0 Å². The van der Waals surface area contributed by atoms with Gasteiger partial charge in [-0.3, -0.25) is 14.5 Å². The molecule has 7 heteroatoms. The van der Waals surface area contributed by atoms with E-state index < -0.39 is 5.97 Å². The molecule has 0 spiro atoms. The average molecular weight is 508 g/mol. The van der Waals surface area contributed by atoms with Crippen LogP contribution in [0.5, 0.6) is 5.75 Å². The van der Waals surface area contributed by atoms with E-state index in [1.54, 1.807) is 42.5 Å². The molecular weight excluding hydrogens is 490 g/mol. The molecule has 0 bridgehead atoms. The third-order valence-corrected chi connectivity index (χ3v) is 6.54. The minimum atomic E-state index is -0.493. The van der Waals surface area contributed by atoms with Gasteiger partial charge >= 0.3 is 5.97 Å². The van der Waals surface area contributed by atoms with Gasteiger partial charge in [-0.1, -0.05) is 70.0 Å². The van der Waals surface area contributed by atoms with E-state index in [0.29, 0.717) is 16.9 Å². The average Bonchev–Trinajstić information content (AvgIpc) is 3.04. The third-order valence-electron chi connectivity index (χ3n) is 4.86. The van der Waals surface area contributed by atoms with Gasteiger partial charge in [0, 0.05) is 10.0 Å². The van der Waals surface area contributed by atoms with Crippen LogP contribution in [-0.2, 0) is 11.3 Å². The Balaban J connectivity index is 1.56. The molecule has 5 nitrogen and oxygen atoms in total. The van der Waals surface area contributed by atoms with E-state index in [4.69, 9.17) is 4.74 Å². The molecule has 1 aliphatic heterocycles. The van der Waals surface area contributed by atoms with Crippen LogP contribution in [-0.4, -0.2) is 22.0 Å². The van der Waals surface area contributed by atoms with Crippen molar-refractivity contribution in [3.8, 4) is 5.75 Å². The van der Waals surface area contributed by atoms with Gasteiger partial charge in [0.05, 0.1) is 17.0 Å². The highest BCUT2D eigenvalue weighted by Crippen LogP contribution is 2.35. The quantitative estimate of drug-likeness (QED) is 0.233. The molecule has 3 aromatic carbocycles. The van der Waals surface area contributed by atoms with Crippen molar-refractivity contribution in [3.05, 3.63) is 104 Å². The maximum Gasteiger partial charge on any atom is 0.343 e. The molecular formula is C25H18BrNO4S. The predicted molar refractivity (Wildman–Crippen MR) is 128 cm³/mol. The molecule has 0 aliphatic carbocycles. The summed E-state index contributed by atoms with van der Waals surface area (Å²) < 4.78 is 6.40. The van der Waals surface area contributed by atoms with Gasteiger partial charge in [0.2, 0.25) is 0 Å². The second-order valence-electron chi connectivity index (χ2n) is 7.15. The molecule has 32 heavy (non-hydrogen) atoms. The summed E-state index contributed by atoms with van der Waals surface area (Å²) in [6, 6.07) is 21.4. The molecule has 1 saturated heterocycles. The van der Waals surface area contributed by atoms with Gasteiger partial charge in [0.25, 0.3) is 11.1 Å². The first-order valence-electron chi connectivity index (χ1n) is 9.79. The number of esters is 1. The first-order chi connectivity index (χ1) is 15.4. The molecule has 0 atom stereocenters. The lowest BCUT2D eigenvalue weighted by Crippen LogP contribution is -2.27. The van der Waals surface area contributed by atoms with E-state index in [-0.39, 0.29) is 22.6 Å². The molecule has 1 fully saturated rings. The zero-order valence-electron chi connectivity index (χ0n) is 17.1. The summed E-state index contributed by atoms with van der Waals surface area (Å²) in [5.41, 5.74) is 2.85. The van der Waals surface area contributed by atoms with Crippen molar-refractivity contribution in [2.45, 2.75) is 13.5 Å². The summed E-state index contributed by atoms with van der Waals surface area (Å²) in [4.78, 5) is 39.4. The fraction of sp³-hybridized carbons (Fsp3) is 0.0800. The Morgan fingerprint density at radius 3 is 2.44 bits per heavy atom. The van der Waals surface area contributed by atoms with Crippen molar-refractivity contribution < 1.29 is 19.1 Å². The highest BCUT2D eigenvalue weighted by molar-refractivity contribution is 9.10. The number of nitrogens with zero attached hydrogens (tertiary/aromatic N) is 1. The normalized spacial score (nSPS) is 14.8.